The van der Waals surface area contributed by atoms with E-state index in [-0.39, 0.29) is 11.9 Å². The van der Waals surface area contributed by atoms with Gasteiger partial charge in [0.05, 0.1) is 13.2 Å². The highest BCUT2D eigenvalue weighted by molar-refractivity contribution is 5.70. The molecule has 0 rings (SSSR count). The summed E-state index contributed by atoms with van der Waals surface area (Å²) in [6, 6.07) is 0. The number of ether oxygens (including phenoxy) is 2. The molecule has 29 heavy (non-hydrogen) atoms. The van der Waals surface area contributed by atoms with Gasteiger partial charge in [0.25, 0.3) is 0 Å². The zero-order valence-electron chi connectivity index (χ0n) is 19.6. The average Bonchev–Trinajstić information content (AvgIpc) is 2.72. The summed E-state index contributed by atoms with van der Waals surface area (Å²) in [6.45, 7) is 7.64. The minimum absolute atomic E-state index is 0.136. The first-order chi connectivity index (χ1) is 14.1. The molecule has 4 nitrogen and oxygen atoms in total. The van der Waals surface area contributed by atoms with E-state index in [1.54, 1.807) is 0 Å². The molecule has 172 valence electrons. The maximum absolute atomic E-state index is 11.8. The second-order valence-electron chi connectivity index (χ2n) is 8.36. The van der Waals surface area contributed by atoms with Crippen molar-refractivity contribution in [2.45, 2.75) is 130 Å². The zero-order valence-corrected chi connectivity index (χ0v) is 19.6. The highest BCUT2D eigenvalue weighted by Gasteiger charge is 2.10. The van der Waals surface area contributed by atoms with Gasteiger partial charge in [-0.1, -0.05) is 91.4 Å². The minimum Gasteiger partial charge on any atom is -0.466 e. The maximum atomic E-state index is 11.8. The van der Waals surface area contributed by atoms with Gasteiger partial charge in [-0.3, -0.25) is 9.59 Å². The van der Waals surface area contributed by atoms with Crippen LogP contribution in [0.1, 0.15) is 130 Å². The third kappa shape index (κ3) is 20.0. The number of carbonyl (C=O) groups excluding carboxylic acids is 2. The van der Waals surface area contributed by atoms with Crippen LogP contribution in [0.25, 0.3) is 0 Å². The summed E-state index contributed by atoms with van der Waals surface area (Å²) in [7, 11) is 0. The smallest absolute Gasteiger partial charge is 0.305 e. The Balaban J connectivity index is 3.45. The molecule has 0 radical (unpaired) electrons. The summed E-state index contributed by atoms with van der Waals surface area (Å²) in [6.07, 6.45) is 18.1. The van der Waals surface area contributed by atoms with Gasteiger partial charge in [-0.15, -0.1) is 0 Å². The quantitative estimate of drug-likeness (QED) is 0.146. The third-order valence-corrected chi connectivity index (χ3v) is 5.55. The van der Waals surface area contributed by atoms with Crippen molar-refractivity contribution in [1.29, 1.82) is 0 Å². The topological polar surface area (TPSA) is 52.6 Å². The molecule has 1 unspecified atom stereocenters. The predicted octanol–water partition coefficient (Wildman–Crippen LogP) is 7.38. The SMILES string of the molecule is CCCCCCCCCCCOC(=O)CCCCC(=O)OCC(CC)CCCC. The number of rotatable bonds is 21. The summed E-state index contributed by atoms with van der Waals surface area (Å²) in [4.78, 5) is 23.6. The number of hydrogen-bond donors (Lipinski definition) is 0. The summed E-state index contributed by atoms with van der Waals surface area (Å²) < 4.78 is 10.7. The van der Waals surface area contributed by atoms with Gasteiger partial charge in [0.2, 0.25) is 0 Å². The highest BCUT2D eigenvalue weighted by Crippen LogP contribution is 2.14. The number of unbranched alkanes of at least 4 members (excludes halogenated alkanes) is 10. The van der Waals surface area contributed by atoms with Crippen LogP contribution in [0.5, 0.6) is 0 Å². The van der Waals surface area contributed by atoms with Crippen LogP contribution >= 0.6 is 0 Å². The fourth-order valence-electron chi connectivity index (χ4n) is 3.39. The molecule has 0 aliphatic heterocycles. The van der Waals surface area contributed by atoms with E-state index in [9.17, 15) is 9.59 Å². The monoisotopic (exact) mass is 412 g/mol. The molecule has 0 aliphatic carbocycles. The molecule has 0 fully saturated rings. The Kier molecular flexibility index (Phi) is 20.9. The van der Waals surface area contributed by atoms with Gasteiger partial charge in [0.15, 0.2) is 0 Å². The first-order valence-corrected chi connectivity index (χ1v) is 12.4. The van der Waals surface area contributed by atoms with Crippen molar-refractivity contribution in [3.8, 4) is 0 Å². The van der Waals surface area contributed by atoms with Crippen molar-refractivity contribution in [1.82, 2.24) is 0 Å². The van der Waals surface area contributed by atoms with Crippen molar-refractivity contribution < 1.29 is 19.1 Å². The molecule has 0 saturated heterocycles. The fraction of sp³-hybridized carbons (Fsp3) is 0.920. The molecular weight excluding hydrogens is 364 g/mol. The van der Waals surface area contributed by atoms with E-state index < -0.39 is 0 Å². The van der Waals surface area contributed by atoms with Gasteiger partial charge in [-0.25, -0.2) is 0 Å². The lowest BCUT2D eigenvalue weighted by Gasteiger charge is -2.14. The molecule has 4 heteroatoms. The van der Waals surface area contributed by atoms with Crippen molar-refractivity contribution >= 4 is 11.9 Å². The van der Waals surface area contributed by atoms with Gasteiger partial charge in [0, 0.05) is 12.8 Å². The molecule has 0 bridgehead atoms. The van der Waals surface area contributed by atoms with Gasteiger partial charge < -0.3 is 9.47 Å². The first kappa shape index (κ1) is 27.9. The zero-order chi connectivity index (χ0) is 21.6. The molecular formula is C25H48O4. The molecule has 1 atom stereocenters. The Labute approximate surface area is 180 Å². The highest BCUT2D eigenvalue weighted by atomic mass is 16.5. The van der Waals surface area contributed by atoms with Crippen LogP contribution in [0.2, 0.25) is 0 Å². The summed E-state index contributed by atoms with van der Waals surface area (Å²) in [5.74, 6) is 0.210. The standard InChI is InChI=1S/C25H48O4/c1-4-7-9-10-11-12-13-14-17-21-28-24(26)19-15-16-20-25(27)29-22-23(6-3)18-8-5-2/h23H,4-22H2,1-3H3. The fourth-order valence-corrected chi connectivity index (χ4v) is 3.39. The van der Waals surface area contributed by atoms with Gasteiger partial charge in [-0.2, -0.15) is 0 Å². The summed E-state index contributed by atoms with van der Waals surface area (Å²) in [5.41, 5.74) is 0. The Bertz CT molecular complexity index is 381. The van der Waals surface area contributed by atoms with E-state index in [4.69, 9.17) is 9.47 Å². The molecule has 0 aromatic heterocycles. The normalized spacial score (nSPS) is 12.0. The van der Waals surface area contributed by atoms with E-state index in [2.05, 4.69) is 20.8 Å². The van der Waals surface area contributed by atoms with Crippen LogP contribution in [0, 0.1) is 5.92 Å². The van der Waals surface area contributed by atoms with Crippen molar-refractivity contribution in [3.63, 3.8) is 0 Å². The minimum atomic E-state index is -0.136. The molecule has 0 N–H and O–H groups in total. The van der Waals surface area contributed by atoms with Crippen LogP contribution in [-0.2, 0) is 19.1 Å². The molecule has 0 saturated carbocycles. The van der Waals surface area contributed by atoms with E-state index in [0.717, 1.165) is 25.7 Å². The molecule has 0 aromatic rings. The number of esters is 2. The van der Waals surface area contributed by atoms with Gasteiger partial charge in [-0.05, 0) is 31.6 Å². The van der Waals surface area contributed by atoms with E-state index in [1.807, 2.05) is 0 Å². The Hall–Kier alpha value is -1.06. The molecule has 0 aromatic carbocycles. The van der Waals surface area contributed by atoms with Crippen molar-refractivity contribution in [2.24, 2.45) is 5.92 Å². The van der Waals surface area contributed by atoms with E-state index >= 15 is 0 Å². The lowest BCUT2D eigenvalue weighted by molar-refractivity contribution is -0.146. The predicted molar refractivity (Wildman–Crippen MR) is 121 cm³/mol. The average molecular weight is 413 g/mol. The van der Waals surface area contributed by atoms with Crippen LogP contribution in [0.3, 0.4) is 0 Å². The number of carbonyl (C=O) groups is 2. The first-order valence-electron chi connectivity index (χ1n) is 12.4. The van der Waals surface area contributed by atoms with Gasteiger partial charge >= 0.3 is 11.9 Å². The van der Waals surface area contributed by atoms with E-state index in [0.29, 0.717) is 44.8 Å². The van der Waals surface area contributed by atoms with Crippen LogP contribution < -0.4 is 0 Å². The van der Waals surface area contributed by atoms with Crippen LogP contribution in [-0.4, -0.2) is 25.2 Å². The van der Waals surface area contributed by atoms with Crippen molar-refractivity contribution in [2.75, 3.05) is 13.2 Å². The lowest BCUT2D eigenvalue weighted by Crippen LogP contribution is -2.14. The maximum Gasteiger partial charge on any atom is 0.305 e. The largest absolute Gasteiger partial charge is 0.466 e. The second kappa shape index (κ2) is 21.6. The Morgan fingerprint density at radius 2 is 1.14 bits per heavy atom. The molecule has 0 spiro atoms. The van der Waals surface area contributed by atoms with Crippen molar-refractivity contribution in [3.05, 3.63) is 0 Å². The summed E-state index contributed by atoms with van der Waals surface area (Å²) >= 11 is 0. The second-order valence-corrected chi connectivity index (χ2v) is 8.36. The third-order valence-electron chi connectivity index (χ3n) is 5.55. The molecule has 0 aliphatic rings. The molecule has 0 amide bonds. The Morgan fingerprint density at radius 3 is 1.69 bits per heavy atom. The van der Waals surface area contributed by atoms with Crippen LogP contribution in [0.15, 0.2) is 0 Å². The number of hydrogen-bond acceptors (Lipinski definition) is 4. The van der Waals surface area contributed by atoms with Gasteiger partial charge in [0.1, 0.15) is 0 Å². The van der Waals surface area contributed by atoms with Crippen LogP contribution in [0.4, 0.5) is 0 Å². The van der Waals surface area contributed by atoms with E-state index in [1.165, 1.54) is 57.8 Å². The molecule has 0 heterocycles. The Morgan fingerprint density at radius 1 is 0.621 bits per heavy atom. The lowest BCUT2D eigenvalue weighted by atomic mass is 10.0. The summed E-state index contributed by atoms with van der Waals surface area (Å²) in [5, 5.41) is 0.